The summed E-state index contributed by atoms with van der Waals surface area (Å²) in [7, 11) is 0. The molecule has 1 aliphatic rings. The molecule has 41 heavy (non-hydrogen) atoms. The molecule has 0 saturated carbocycles. The van der Waals surface area contributed by atoms with E-state index in [0.717, 1.165) is 49.8 Å². The van der Waals surface area contributed by atoms with Gasteiger partial charge in [-0.3, -0.25) is 0 Å². The summed E-state index contributed by atoms with van der Waals surface area (Å²) in [4.78, 5) is 14.8. The third-order valence-corrected chi connectivity index (χ3v) is 7.54. The SMILES string of the molecule is c1ccc(-c2nc(-c3ccc4ccccc4c3)nc(-c3ccc4c5c(ccc4c3)OC(c3ccccc3)N5)n2)cc1. The number of rotatable bonds is 4. The van der Waals surface area contributed by atoms with Crippen LogP contribution < -0.4 is 10.1 Å². The van der Waals surface area contributed by atoms with Crippen molar-refractivity contribution in [2.24, 2.45) is 0 Å². The van der Waals surface area contributed by atoms with Crippen molar-refractivity contribution < 1.29 is 4.74 Å². The van der Waals surface area contributed by atoms with Gasteiger partial charge in [0.1, 0.15) is 5.75 Å². The standard InChI is InChI=1S/C36H24N4O/c1-3-10-24(11-4-1)33-38-34(28-16-15-23-9-7-8-14-26(23)21-28)40-35(39-33)29-17-19-30-27(22-29)18-20-31-32(30)37-36(41-31)25-12-5-2-6-13-25/h1-22,36-37H. The van der Waals surface area contributed by atoms with Gasteiger partial charge in [0.25, 0.3) is 0 Å². The fourth-order valence-electron chi connectivity index (χ4n) is 5.44. The first-order valence-electron chi connectivity index (χ1n) is 13.6. The van der Waals surface area contributed by atoms with E-state index in [9.17, 15) is 0 Å². The van der Waals surface area contributed by atoms with Gasteiger partial charge < -0.3 is 10.1 Å². The molecule has 6 aromatic carbocycles. The fourth-order valence-corrected chi connectivity index (χ4v) is 5.44. The first kappa shape index (κ1) is 23.3. The number of aromatic nitrogens is 3. The Labute approximate surface area is 237 Å². The van der Waals surface area contributed by atoms with Crippen molar-refractivity contribution in [1.29, 1.82) is 0 Å². The highest BCUT2D eigenvalue weighted by atomic mass is 16.5. The lowest BCUT2D eigenvalue weighted by molar-refractivity contribution is 0.260. The van der Waals surface area contributed by atoms with Gasteiger partial charge in [-0.25, -0.2) is 15.0 Å². The Bertz CT molecular complexity index is 2060. The minimum Gasteiger partial charge on any atom is -0.464 e. The van der Waals surface area contributed by atoms with Crippen molar-refractivity contribution in [2.45, 2.75) is 6.23 Å². The number of hydrogen-bond acceptors (Lipinski definition) is 5. The summed E-state index contributed by atoms with van der Waals surface area (Å²) in [6, 6.07) is 45.4. The van der Waals surface area contributed by atoms with E-state index >= 15 is 0 Å². The van der Waals surface area contributed by atoms with E-state index in [-0.39, 0.29) is 6.23 Å². The summed E-state index contributed by atoms with van der Waals surface area (Å²) in [6.07, 6.45) is -0.210. The lowest BCUT2D eigenvalue weighted by atomic mass is 10.0. The Morgan fingerprint density at radius 1 is 0.488 bits per heavy atom. The lowest BCUT2D eigenvalue weighted by Crippen LogP contribution is -2.09. The van der Waals surface area contributed by atoms with E-state index in [1.807, 2.05) is 60.7 Å². The quantitative estimate of drug-likeness (QED) is 0.248. The van der Waals surface area contributed by atoms with Crippen LogP contribution in [0.5, 0.6) is 5.75 Å². The molecular weight excluding hydrogens is 504 g/mol. The largest absolute Gasteiger partial charge is 0.464 e. The molecule has 0 aliphatic carbocycles. The number of nitrogens with one attached hydrogen (secondary N) is 1. The smallest absolute Gasteiger partial charge is 0.196 e. The molecule has 194 valence electrons. The Balaban J connectivity index is 1.23. The fraction of sp³-hybridized carbons (Fsp3) is 0.0278. The summed E-state index contributed by atoms with van der Waals surface area (Å²) in [6.45, 7) is 0. The Morgan fingerprint density at radius 2 is 1.07 bits per heavy atom. The molecule has 0 radical (unpaired) electrons. The maximum absolute atomic E-state index is 6.23. The zero-order valence-corrected chi connectivity index (χ0v) is 22.0. The predicted molar refractivity (Wildman–Crippen MR) is 165 cm³/mol. The van der Waals surface area contributed by atoms with E-state index in [2.05, 4.69) is 78.1 Å². The van der Waals surface area contributed by atoms with Crippen molar-refractivity contribution in [3.63, 3.8) is 0 Å². The Morgan fingerprint density at radius 3 is 1.83 bits per heavy atom. The number of hydrogen-bond donors (Lipinski definition) is 1. The average molecular weight is 529 g/mol. The second-order valence-electron chi connectivity index (χ2n) is 10.2. The molecule has 0 bridgehead atoms. The Kier molecular flexibility index (Phi) is 5.45. The van der Waals surface area contributed by atoms with Gasteiger partial charge in [-0.05, 0) is 34.4 Å². The van der Waals surface area contributed by atoms with Crippen molar-refractivity contribution in [1.82, 2.24) is 15.0 Å². The first-order valence-corrected chi connectivity index (χ1v) is 13.6. The number of nitrogens with zero attached hydrogens (tertiary/aromatic N) is 3. The summed E-state index contributed by atoms with van der Waals surface area (Å²) in [5.41, 5.74) is 4.92. The van der Waals surface area contributed by atoms with Gasteiger partial charge in [-0.2, -0.15) is 0 Å². The monoisotopic (exact) mass is 528 g/mol. The second-order valence-corrected chi connectivity index (χ2v) is 10.2. The van der Waals surface area contributed by atoms with Crippen LogP contribution in [0.15, 0.2) is 133 Å². The molecule has 0 spiro atoms. The van der Waals surface area contributed by atoms with Crippen LogP contribution in [0.1, 0.15) is 11.8 Å². The maximum atomic E-state index is 6.23. The summed E-state index contributed by atoms with van der Waals surface area (Å²) < 4.78 is 6.23. The number of benzene rings is 6. The van der Waals surface area contributed by atoms with Crippen LogP contribution in [-0.2, 0) is 0 Å². The van der Waals surface area contributed by atoms with Crippen LogP contribution in [0.25, 0.3) is 55.7 Å². The summed E-state index contributed by atoms with van der Waals surface area (Å²) in [5, 5.41) is 8.08. The van der Waals surface area contributed by atoms with E-state index in [4.69, 9.17) is 19.7 Å². The highest BCUT2D eigenvalue weighted by Crippen LogP contribution is 2.43. The molecule has 2 heterocycles. The molecule has 1 atom stereocenters. The normalized spacial score (nSPS) is 14.0. The Hall–Kier alpha value is -5.55. The van der Waals surface area contributed by atoms with Gasteiger partial charge >= 0.3 is 0 Å². The molecular formula is C36H24N4O. The molecule has 1 aliphatic heterocycles. The number of fused-ring (bicyclic) bond motifs is 4. The van der Waals surface area contributed by atoms with Crippen LogP contribution in [-0.4, -0.2) is 15.0 Å². The van der Waals surface area contributed by atoms with E-state index in [0.29, 0.717) is 17.5 Å². The van der Waals surface area contributed by atoms with Crippen LogP contribution >= 0.6 is 0 Å². The van der Waals surface area contributed by atoms with Crippen LogP contribution in [0.2, 0.25) is 0 Å². The number of anilines is 1. The van der Waals surface area contributed by atoms with E-state index in [1.54, 1.807) is 0 Å². The van der Waals surface area contributed by atoms with Crippen LogP contribution in [0.3, 0.4) is 0 Å². The zero-order chi connectivity index (χ0) is 27.2. The minimum atomic E-state index is -0.210. The van der Waals surface area contributed by atoms with Crippen molar-refractivity contribution in [3.05, 3.63) is 139 Å². The molecule has 5 nitrogen and oxygen atoms in total. The van der Waals surface area contributed by atoms with Crippen molar-refractivity contribution in [3.8, 4) is 39.9 Å². The molecule has 1 aromatic heterocycles. The van der Waals surface area contributed by atoms with Crippen molar-refractivity contribution in [2.75, 3.05) is 5.32 Å². The van der Waals surface area contributed by atoms with Crippen molar-refractivity contribution >= 4 is 27.2 Å². The molecule has 7 aromatic rings. The topological polar surface area (TPSA) is 59.9 Å². The summed E-state index contributed by atoms with van der Waals surface area (Å²) in [5.74, 6) is 2.78. The first-order chi connectivity index (χ1) is 20.3. The van der Waals surface area contributed by atoms with Gasteiger partial charge in [0, 0.05) is 27.6 Å². The summed E-state index contributed by atoms with van der Waals surface area (Å²) >= 11 is 0. The van der Waals surface area contributed by atoms with E-state index in [1.165, 1.54) is 5.39 Å². The second kappa shape index (κ2) is 9.57. The maximum Gasteiger partial charge on any atom is 0.196 e. The lowest BCUT2D eigenvalue weighted by Gasteiger charge is -2.11. The zero-order valence-electron chi connectivity index (χ0n) is 22.0. The third-order valence-electron chi connectivity index (χ3n) is 7.54. The van der Waals surface area contributed by atoms with Crippen LogP contribution in [0.4, 0.5) is 5.69 Å². The molecule has 0 fully saturated rings. The van der Waals surface area contributed by atoms with Gasteiger partial charge in [0.05, 0.1) is 5.69 Å². The van der Waals surface area contributed by atoms with Gasteiger partial charge in [0.2, 0.25) is 0 Å². The highest BCUT2D eigenvalue weighted by Gasteiger charge is 2.25. The molecule has 1 unspecified atom stereocenters. The van der Waals surface area contributed by atoms with Gasteiger partial charge in [-0.15, -0.1) is 0 Å². The molecule has 1 N–H and O–H groups in total. The molecule has 0 saturated heterocycles. The van der Waals surface area contributed by atoms with Gasteiger partial charge in [-0.1, -0.05) is 115 Å². The molecule has 0 amide bonds. The molecule has 8 rings (SSSR count). The predicted octanol–water partition coefficient (Wildman–Crippen LogP) is 8.68. The average Bonchev–Trinajstić information content (AvgIpc) is 3.50. The van der Waals surface area contributed by atoms with E-state index < -0.39 is 0 Å². The highest BCUT2D eigenvalue weighted by molar-refractivity contribution is 5.99. The third kappa shape index (κ3) is 4.24. The van der Waals surface area contributed by atoms with Gasteiger partial charge in [0.15, 0.2) is 23.7 Å². The molecule has 5 heteroatoms. The minimum absolute atomic E-state index is 0.210. The van der Waals surface area contributed by atoms with Crippen LogP contribution in [0, 0.1) is 0 Å². The number of ether oxygens (including phenoxy) is 1.